The molecule has 0 atom stereocenters. The Labute approximate surface area is 128 Å². The van der Waals surface area contributed by atoms with Gasteiger partial charge >= 0.3 is 0 Å². The first-order valence-electron chi connectivity index (χ1n) is 6.97. The Bertz CT molecular complexity index is 453. The van der Waals surface area contributed by atoms with Crippen LogP contribution < -0.4 is 4.74 Å². The van der Waals surface area contributed by atoms with E-state index in [1.54, 1.807) is 7.11 Å². The molecular weight excluding hydrogens is 320 g/mol. The van der Waals surface area contributed by atoms with Crippen molar-refractivity contribution >= 4 is 21.8 Å². The lowest BCUT2D eigenvalue weighted by molar-refractivity contribution is 0.0758. The molecule has 20 heavy (non-hydrogen) atoms. The molecule has 1 amide bonds. The quantitative estimate of drug-likeness (QED) is 0.788. The number of ether oxygens (including phenoxy) is 1. The molecule has 0 spiro atoms. The number of hydrogen-bond acceptors (Lipinski definition) is 3. The lowest BCUT2D eigenvalue weighted by Crippen LogP contribution is -2.35. The number of methoxy groups -OCH3 is 1. The smallest absolute Gasteiger partial charge is 0.257 e. The lowest BCUT2D eigenvalue weighted by atomic mass is 10.1. The van der Waals surface area contributed by atoms with Gasteiger partial charge < -0.3 is 14.5 Å². The number of carbonyl (C=O) groups excluding carboxylic acids is 1. The van der Waals surface area contributed by atoms with Gasteiger partial charge in [-0.3, -0.25) is 4.79 Å². The van der Waals surface area contributed by atoms with Crippen molar-refractivity contribution in [1.82, 2.24) is 9.80 Å². The number of nitrogens with zero attached hydrogens (tertiary/aromatic N) is 2. The number of alkyl halides is 1. The van der Waals surface area contributed by atoms with Gasteiger partial charge in [0.05, 0.1) is 12.7 Å². The summed E-state index contributed by atoms with van der Waals surface area (Å²) >= 11 is 3.47. The maximum Gasteiger partial charge on any atom is 0.257 e. The van der Waals surface area contributed by atoms with E-state index in [0.29, 0.717) is 11.3 Å². The topological polar surface area (TPSA) is 32.8 Å². The molecule has 1 aliphatic heterocycles. The Morgan fingerprint density at radius 1 is 1.25 bits per heavy atom. The van der Waals surface area contributed by atoms with Crippen molar-refractivity contribution in [3.63, 3.8) is 0 Å². The fourth-order valence-electron chi connectivity index (χ4n) is 2.51. The van der Waals surface area contributed by atoms with Crippen LogP contribution in [-0.4, -0.2) is 60.9 Å². The zero-order valence-electron chi connectivity index (χ0n) is 11.8. The first-order valence-corrected chi connectivity index (χ1v) is 8.09. The van der Waals surface area contributed by atoms with Gasteiger partial charge in [-0.1, -0.05) is 28.1 Å². The molecule has 0 aliphatic carbocycles. The number of para-hydroxylation sites is 1. The van der Waals surface area contributed by atoms with Crippen LogP contribution in [0.15, 0.2) is 24.3 Å². The largest absolute Gasteiger partial charge is 0.496 e. The van der Waals surface area contributed by atoms with Crippen LogP contribution in [-0.2, 0) is 0 Å². The van der Waals surface area contributed by atoms with Crippen molar-refractivity contribution in [2.45, 2.75) is 6.42 Å². The van der Waals surface area contributed by atoms with E-state index in [4.69, 9.17) is 4.74 Å². The minimum atomic E-state index is 0.0724. The summed E-state index contributed by atoms with van der Waals surface area (Å²) in [5, 5.41) is 0.980. The zero-order valence-corrected chi connectivity index (χ0v) is 13.4. The van der Waals surface area contributed by atoms with Crippen LogP contribution in [0.5, 0.6) is 5.75 Å². The van der Waals surface area contributed by atoms with E-state index in [2.05, 4.69) is 20.8 Å². The number of carbonyl (C=O) groups is 1. The predicted molar refractivity (Wildman–Crippen MR) is 83.7 cm³/mol. The standard InChI is InChI=1S/C15H21BrN2O2/c1-20-14-6-3-2-5-13(14)15(19)18-9-4-8-17(10-7-16)11-12-18/h2-3,5-6H,4,7-12H2,1H3. The Balaban J connectivity index is 2.05. The summed E-state index contributed by atoms with van der Waals surface area (Å²) in [6, 6.07) is 7.44. The molecule has 1 aliphatic rings. The first kappa shape index (κ1) is 15.3. The monoisotopic (exact) mass is 340 g/mol. The third-order valence-electron chi connectivity index (χ3n) is 3.61. The number of halogens is 1. The average Bonchev–Trinajstić information content (AvgIpc) is 2.72. The molecular formula is C15H21BrN2O2. The van der Waals surface area contributed by atoms with E-state index < -0.39 is 0 Å². The van der Waals surface area contributed by atoms with Gasteiger partial charge in [0.15, 0.2) is 0 Å². The summed E-state index contributed by atoms with van der Waals surface area (Å²) in [4.78, 5) is 16.9. The van der Waals surface area contributed by atoms with E-state index >= 15 is 0 Å². The second kappa shape index (κ2) is 7.64. The Morgan fingerprint density at radius 2 is 2.05 bits per heavy atom. The number of amides is 1. The Hall–Kier alpha value is -1.07. The molecule has 0 saturated carbocycles. The molecule has 1 fully saturated rings. The van der Waals surface area contributed by atoms with Gasteiger partial charge in [-0.15, -0.1) is 0 Å². The molecule has 0 bridgehead atoms. The molecule has 5 heteroatoms. The lowest BCUT2D eigenvalue weighted by Gasteiger charge is -2.22. The molecule has 1 aromatic rings. The maximum atomic E-state index is 12.6. The summed E-state index contributed by atoms with van der Waals surface area (Å²) in [5.41, 5.74) is 0.656. The minimum absolute atomic E-state index is 0.0724. The number of benzene rings is 1. The molecule has 0 radical (unpaired) electrons. The third-order valence-corrected chi connectivity index (χ3v) is 3.97. The van der Waals surface area contributed by atoms with Gasteiger partial charge in [-0.25, -0.2) is 0 Å². The highest BCUT2D eigenvalue weighted by Crippen LogP contribution is 2.20. The zero-order chi connectivity index (χ0) is 14.4. The highest BCUT2D eigenvalue weighted by Gasteiger charge is 2.22. The van der Waals surface area contributed by atoms with Crippen LogP contribution in [0, 0.1) is 0 Å². The van der Waals surface area contributed by atoms with Crippen LogP contribution in [0.3, 0.4) is 0 Å². The summed E-state index contributed by atoms with van der Waals surface area (Å²) in [5.74, 6) is 0.724. The summed E-state index contributed by atoms with van der Waals surface area (Å²) in [6.07, 6.45) is 1.02. The predicted octanol–water partition coefficient (Wildman–Crippen LogP) is 2.24. The Morgan fingerprint density at radius 3 is 2.80 bits per heavy atom. The van der Waals surface area contributed by atoms with Gasteiger partial charge in [-0.2, -0.15) is 0 Å². The summed E-state index contributed by atoms with van der Waals surface area (Å²) in [6.45, 7) is 4.63. The molecule has 0 aromatic heterocycles. The van der Waals surface area contributed by atoms with Gasteiger partial charge in [0.1, 0.15) is 5.75 Å². The van der Waals surface area contributed by atoms with E-state index in [1.807, 2.05) is 29.2 Å². The van der Waals surface area contributed by atoms with Gasteiger partial charge in [0.2, 0.25) is 0 Å². The second-order valence-electron chi connectivity index (χ2n) is 4.88. The second-order valence-corrected chi connectivity index (χ2v) is 5.67. The van der Waals surface area contributed by atoms with Crippen LogP contribution in [0.25, 0.3) is 0 Å². The normalized spacial score (nSPS) is 16.8. The molecule has 0 unspecified atom stereocenters. The number of rotatable bonds is 4. The highest BCUT2D eigenvalue weighted by molar-refractivity contribution is 9.09. The van der Waals surface area contributed by atoms with E-state index in [-0.39, 0.29) is 5.91 Å². The van der Waals surface area contributed by atoms with E-state index in [0.717, 1.165) is 44.5 Å². The van der Waals surface area contributed by atoms with Crippen molar-refractivity contribution in [2.24, 2.45) is 0 Å². The first-order chi connectivity index (χ1) is 9.76. The Kier molecular flexibility index (Phi) is 5.86. The van der Waals surface area contributed by atoms with Crippen molar-refractivity contribution in [1.29, 1.82) is 0 Å². The van der Waals surface area contributed by atoms with E-state index in [1.165, 1.54) is 0 Å². The fraction of sp³-hybridized carbons (Fsp3) is 0.533. The molecule has 2 rings (SSSR count). The van der Waals surface area contributed by atoms with Crippen molar-refractivity contribution in [2.75, 3.05) is 45.2 Å². The molecule has 1 aromatic carbocycles. The fourth-order valence-corrected chi connectivity index (χ4v) is 3.01. The van der Waals surface area contributed by atoms with Crippen LogP contribution in [0.1, 0.15) is 16.8 Å². The number of hydrogen-bond donors (Lipinski definition) is 0. The molecule has 1 heterocycles. The van der Waals surface area contributed by atoms with Gasteiger partial charge in [-0.05, 0) is 25.1 Å². The molecule has 110 valence electrons. The van der Waals surface area contributed by atoms with Crippen molar-refractivity contribution in [3.05, 3.63) is 29.8 Å². The summed E-state index contributed by atoms with van der Waals surface area (Å²) in [7, 11) is 1.60. The third kappa shape index (κ3) is 3.73. The van der Waals surface area contributed by atoms with Crippen molar-refractivity contribution in [3.8, 4) is 5.75 Å². The van der Waals surface area contributed by atoms with E-state index in [9.17, 15) is 4.79 Å². The average molecular weight is 341 g/mol. The van der Waals surface area contributed by atoms with Crippen molar-refractivity contribution < 1.29 is 9.53 Å². The van der Waals surface area contributed by atoms with Crippen LogP contribution >= 0.6 is 15.9 Å². The molecule has 0 N–H and O–H groups in total. The highest BCUT2D eigenvalue weighted by atomic mass is 79.9. The van der Waals surface area contributed by atoms with Crippen LogP contribution in [0.2, 0.25) is 0 Å². The minimum Gasteiger partial charge on any atom is -0.496 e. The summed E-state index contributed by atoms with van der Waals surface area (Å²) < 4.78 is 5.28. The van der Waals surface area contributed by atoms with Gasteiger partial charge in [0.25, 0.3) is 5.91 Å². The van der Waals surface area contributed by atoms with Gasteiger partial charge in [0, 0.05) is 31.5 Å². The SMILES string of the molecule is COc1ccccc1C(=O)N1CCCN(CCBr)CC1. The maximum absolute atomic E-state index is 12.6. The molecule has 4 nitrogen and oxygen atoms in total. The molecule has 1 saturated heterocycles. The van der Waals surface area contributed by atoms with Crippen LogP contribution in [0.4, 0.5) is 0 Å².